The average Bonchev–Trinajstić information content (AvgIpc) is 3.35. The summed E-state index contributed by atoms with van der Waals surface area (Å²) in [4.78, 5) is 62.3. The molecule has 1 aliphatic rings. The van der Waals surface area contributed by atoms with Crippen molar-refractivity contribution >= 4 is 42.2 Å². The predicted molar refractivity (Wildman–Crippen MR) is 130 cm³/mol. The Hall–Kier alpha value is -3.36. The molecule has 4 atom stereocenters. The van der Waals surface area contributed by atoms with E-state index in [0.717, 1.165) is 0 Å². The zero-order valence-electron chi connectivity index (χ0n) is 19.4. The number of phenolic OH excluding ortho intramolecular Hbond substituents is 1. The molecule has 1 saturated heterocycles. The van der Waals surface area contributed by atoms with Crippen LogP contribution in [0.1, 0.15) is 18.4 Å². The number of carboxylic acids is 1. The third-order valence-corrected chi connectivity index (χ3v) is 5.97. The molecule has 4 unspecified atom stereocenters. The number of carbonyl (C=O) groups is 5. The van der Waals surface area contributed by atoms with Gasteiger partial charge >= 0.3 is 5.97 Å². The maximum Gasteiger partial charge on any atom is 0.327 e. The normalized spacial score (nSPS) is 17.5. The van der Waals surface area contributed by atoms with E-state index >= 15 is 0 Å². The number of carboxylic acid groups (broad SMARTS) is 1. The van der Waals surface area contributed by atoms with Crippen LogP contribution in [-0.2, 0) is 30.4 Å². The number of aliphatic hydroxyl groups is 1. The molecule has 8 N–H and O–H groups in total. The van der Waals surface area contributed by atoms with E-state index < -0.39 is 66.9 Å². The molecule has 14 heteroatoms. The van der Waals surface area contributed by atoms with Gasteiger partial charge in [0, 0.05) is 12.3 Å². The molecule has 0 aromatic heterocycles. The highest BCUT2D eigenvalue weighted by molar-refractivity contribution is 7.80. The van der Waals surface area contributed by atoms with Crippen molar-refractivity contribution in [1.82, 2.24) is 20.9 Å². The molecule has 0 spiro atoms. The van der Waals surface area contributed by atoms with Gasteiger partial charge < -0.3 is 41.9 Å². The van der Waals surface area contributed by atoms with Crippen molar-refractivity contribution in [2.24, 2.45) is 5.73 Å². The number of aliphatic hydroxyl groups excluding tert-OH is 1. The topological polar surface area (TPSA) is 211 Å². The lowest BCUT2D eigenvalue weighted by Gasteiger charge is -2.28. The summed E-state index contributed by atoms with van der Waals surface area (Å²) in [6.45, 7) is -1.01. The zero-order chi connectivity index (χ0) is 26.8. The van der Waals surface area contributed by atoms with Gasteiger partial charge in [-0.2, -0.15) is 12.6 Å². The Morgan fingerprint density at radius 1 is 1.11 bits per heavy atom. The van der Waals surface area contributed by atoms with E-state index in [1.165, 1.54) is 17.0 Å². The van der Waals surface area contributed by atoms with Crippen molar-refractivity contribution in [3.05, 3.63) is 29.8 Å². The number of amides is 4. The second-order valence-electron chi connectivity index (χ2n) is 8.27. The second kappa shape index (κ2) is 13.7. The lowest BCUT2D eigenvalue weighted by Crippen LogP contribution is -2.57. The molecule has 36 heavy (non-hydrogen) atoms. The lowest BCUT2D eigenvalue weighted by atomic mass is 10.1. The van der Waals surface area contributed by atoms with Gasteiger partial charge in [-0.3, -0.25) is 19.2 Å². The average molecular weight is 526 g/mol. The Balaban J connectivity index is 1.93. The number of nitrogens with zero attached hydrogens (tertiary/aromatic N) is 1. The van der Waals surface area contributed by atoms with E-state index in [4.69, 9.17) is 10.8 Å². The fraction of sp³-hybridized carbons (Fsp3) is 0.500. The van der Waals surface area contributed by atoms with Gasteiger partial charge in [-0.05, 0) is 37.0 Å². The summed E-state index contributed by atoms with van der Waals surface area (Å²) >= 11 is 3.84. The Bertz CT molecular complexity index is 960. The van der Waals surface area contributed by atoms with E-state index in [2.05, 4.69) is 28.6 Å². The minimum Gasteiger partial charge on any atom is -0.508 e. The molecule has 2 rings (SSSR count). The van der Waals surface area contributed by atoms with Crippen LogP contribution in [0.5, 0.6) is 5.75 Å². The van der Waals surface area contributed by atoms with Crippen LogP contribution in [0.3, 0.4) is 0 Å². The molecule has 0 saturated carbocycles. The van der Waals surface area contributed by atoms with Crippen molar-refractivity contribution < 1.29 is 39.3 Å². The summed E-state index contributed by atoms with van der Waals surface area (Å²) in [6.07, 6.45) is 0.925. The van der Waals surface area contributed by atoms with Crippen LogP contribution in [0.15, 0.2) is 24.3 Å². The first kappa shape index (κ1) is 28.9. The summed E-state index contributed by atoms with van der Waals surface area (Å²) in [5, 5.41) is 35.0. The first-order valence-corrected chi connectivity index (χ1v) is 11.9. The van der Waals surface area contributed by atoms with E-state index in [0.29, 0.717) is 18.4 Å². The SMILES string of the molecule is NC(Cc1ccc(O)cc1)C(=O)NC(CO)C(=O)N1CCCC1C(=O)NCC(=O)NC(CS)C(=O)O. The van der Waals surface area contributed by atoms with Crippen molar-refractivity contribution in [2.75, 3.05) is 25.4 Å². The highest BCUT2D eigenvalue weighted by Crippen LogP contribution is 2.19. The Kier molecular flexibility index (Phi) is 11.0. The fourth-order valence-electron chi connectivity index (χ4n) is 3.66. The van der Waals surface area contributed by atoms with Crippen molar-refractivity contribution in [3.8, 4) is 5.75 Å². The molecule has 0 aliphatic carbocycles. The number of nitrogens with one attached hydrogen (secondary N) is 3. The van der Waals surface area contributed by atoms with Crippen LogP contribution in [0.4, 0.5) is 0 Å². The van der Waals surface area contributed by atoms with Crippen LogP contribution >= 0.6 is 12.6 Å². The molecule has 1 fully saturated rings. The molecule has 4 amide bonds. The van der Waals surface area contributed by atoms with Crippen molar-refractivity contribution in [1.29, 1.82) is 0 Å². The highest BCUT2D eigenvalue weighted by Gasteiger charge is 2.38. The Morgan fingerprint density at radius 2 is 1.78 bits per heavy atom. The van der Waals surface area contributed by atoms with Gasteiger partial charge in [-0.15, -0.1) is 0 Å². The maximum absolute atomic E-state index is 13.0. The van der Waals surface area contributed by atoms with E-state index in [9.17, 15) is 34.2 Å². The number of phenols is 1. The third kappa shape index (κ3) is 8.10. The number of benzene rings is 1. The van der Waals surface area contributed by atoms with E-state index in [1.807, 2.05) is 0 Å². The molecule has 0 bridgehead atoms. The first-order chi connectivity index (χ1) is 17.1. The molecular formula is C22H31N5O8S. The van der Waals surface area contributed by atoms with Crippen LogP contribution in [0.25, 0.3) is 0 Å². The molecule has 13 nitrogen and oxygen atoms in total. The van der Waals surface area contributed by atoms with Crippen molar-refractivity contribution in [3.63, 3.8) is 0 Å². The smallest absolute Gasteiger partial charge is 0.327 e. The molecular weight excluding hydrogens is 494 g/mol. The lowest BCUT2D eigenvalue weighted by molar-refractivity contribution is -0.143. The predicted octanol–water partition coefficient (Wildman–Crippen LogP) is -2.65. The molecule has 1 aromatic carbocycles. The number of hydrogen-bond acceptors (Lipinski definition) is 9. The van der Waals surface area contributed by atoms with E-state index in [-0.39, 0.29) is 24.5 Å². The molecule has 1 aromatic rings. The molecule has 0 radical (unpaired) electrons. The minimum atomic E-state index is -1.33. The number of nitrogens with two attached hydrogens (primary N) is 1. The second-order valence-corrected chi connectivity index (χ2v) is 8.63. The number of thiol groups is 1. The molecule has 198 valence electrons. The summed E-state index contributed by atoms with van der Waals surface area (Å²) in [5.41, 5.74) is 6.61. The Labute approximate surface area is 212 Å². The van der Waals surface area contributed by atoms with Crippen LogP contribution < -0.4 is 21.7 Å². The number of aliphatic carboxylic acids is 1. The summed E-state index contributed by atoms with van der Waals surface area (Å²) in [5.74, 6) is -4.04. The number of hydrogen-bond donors (Lipinski definition) is 8. The number of rotatable bonds is 12. The monoisotopic (exact) mass is 525 g/mol. The number of aromatic hydroxyl groups is 1. The molecule has 1 aliphatic heterocycles. The molecule has 1 heterocycles. The minimum absolute atomic E-state index is 0.0645. The maximum atomic E-state index is 13.0. The van der Waals surface area contributed by atoms with Crippen LogP contribution in [0.2, 0.25) is 0 Å². The zero-order valence-corrected chi connectivity index (χ0v) is 20.3. The van der Waals surface area contributed by atoms with Crippen LogP contribution in [-0.4, -0.2) is 99.4 Å². The van der Waals surface area contributed by atoms with Gasteiger partial charge in [0.25, 0.3) is 0 Å². The van der Waals surface area contributed by atoms with Gasteiger partial charge in [-0.25, -0.2) is 4.79 Å². The summed E-state index contributed by atoms with van der Waals surface area (Å²) in [7, 11) is 0. The van der Waals surface area contributed by atoms with Gasteiger partial charge in [0.1, 0.15) is 23.9 Å². The summed E-state index contributed by atoms with van der Waals surface area (Å²) < 4.78 is 0. The number of likely N-dealkylation sites (tertiary alicyclic amines) is 1. The van der Waals surface area contributed by atoms with Gasteiger partial charge in [-0.1, -0.05) is 12.1 Å². The first-order valence-electron chi connectivity index (χ1n) is 11.2. The number of carbonyl (C=O) groups excluding carboxylic acids is 4. The van der Waals surface area contributed by atoms with Gasteiger partial charge in [0.05, 0.1) is 19.2 Å². The third-order valence-electron chi connectivity index (χ3n) is 5.60. The quantitative estimate of drug-likeness (QED) is 0.134. The summed E-state index contributed by atoms with van der Waals surface area (Å²) in [6, 6.07) is 1.61. The Morgan fingerprint density at radius 3 is 2.36 bits per heavy atom. The van der Waals surface area contributed by atoms with Gasteiger partial charge in [0.15, 0.2) is 0 Å². The van der Waals surface area contributed by atoms with Crippen molar-refractivity contribution in [2.45, 2.75) is 43.4 Å². The fourth-order valence-corrected chi connectivity index (χ4v) is 3.91. The van der Waals surface area contributed by atoms with Crippen LogP contribution in [0, 0.1) is 0 Å². The standard InChI is InChI=1S/C22H31N5O8S/c23-14(8-12-3-5-13(29)6-4-12)19(31)26-15(10-28)21(33)27-7-1-2-17(27)20(32)24-9-18(30)25-16(11-36)22(34)35/h3-6,14-17,28-29,36H,1-2,7-11,23H2,(H,24,32)(H,25,30)(H,26,31)(H,34,35). The van der Waals surface area contributed by atoms with Gasteiger partial charge in [0.2, 0.25) is 23.6 Å². The largest absolute Gasteiger partial charge is 0.508 e. The highest BCUT2D eigenvalue weighted by atomic mass is 32.1. The van der Waals surface area contributed by atoms with E-state index in [1.54, 1.807) is 12.1 Å².